The van der Waals surface area contributed by atoms with Crippen molar-refractivity contribution in [3.8, 4) is 5.75 Å². The van der Waals surface area contributed by atoms with E-state index in [0.29, 0.717) is 17.0 Å². The number of phenols is 1. The number of amides is 4. The Kier molecular flexibility index (Phi) is 11.1. The van der Waals surface area contributed by atoms with Crippen LogP contribution >= 0.6 is 0 Å². The number of primary amides is 1. The van der Waals surface area contributed by atoms with Crippen LogP contribution in [-0.2, 0) is 43.2 Å². The molecule has 0 aliphatic rings. The molecule has 0 aliphatic heterocycles. The summed E-state index contributed by atoms with van der Waals surface area (Å²) in [5.41, 5.74) is 12.9. The number of nitrogens with two attached hydrogens (primary N) is 2. The van der Waals surface area contributed by atoms with E-state index >= 15 is 0 Å². The van der Waals surface area contributed by atoms with Crippen molar-refractivity contribution in [2.75, 3.05) is 0 Å². The first kappa shape index (κ1) is 31.3. The number of aromatic hydroxyl groups is 1. The molecule has 4 unspecified atom stereocenters. The average molecular weight is 584 g/mol. The molecule has 0 spiro atoms. The van der Waals surface area contributed by atoms with Crippen molar-refractivity contribution in [2.45, 2.75) is 56.3 Å². The molecule has 0 radical (unpaired) electrons. The van der Waals surface area contributed by atoms with E-state index in [1.54, 1.807) is 0 Å². The highest BCUT2D eigenvalue weighted by Gasteiger charge is 2.31. The summed E-state index contributed by atoms with van der Waals surface area (Å²) in [4.78, 5) is 76.3. The first-order chi connectivity index (χ1) is 20.0. The Labute approximate surface area is 239 Å². The van der Waals surface area contributed by atoms with E-state index in [1.807, 2.05) is 0 Å². The van der Waals surface area contributed by atoms with E-state index in [9.17, 15) is 34.2 Å². The fraction of sp³-hybridized carbons (Fsp3) is 0.346. The molecular weight excluding hydrogens is 550 g/mol. The maximum absolute atomic E-state index is 13.4. The molecule has 0 saturated carbocycles. The number of carbonyl (C=O) groups is 5. The maximum Gasteiger partial charge on any atom is 0.326 e. The molecule has 2 aromatic heterocycles. The van der Waals surface area contributed by atoms with Crippen molar-refractivity contribution in [3.63, 3.8) is 0 Å². The zero-order valence-electron chi connectivity index (χ0n) is 22.4. The second kappa shape index (κ2) is 14.9. The number of nitrogens with one attached hydrogen (secondary N) is 5. The molecule has 16 heteroatoms. The van der Waals surface area contributed by atoms with Gasteiger partial charge in [0.25, 0.3) is 0 Å². The summed E-state index contributed by atoms with van der Waals surface area (Å²) in [7, 11) is 0. The van der Waals surface area contributed by atoms with Gasteiger partial charge in [0.1, 0.15) is 23.9 Å². The van der Waals surface area contributed by atoms with Gasteiger partial charge in [-0.2, -0.15) is 0 Å². The van der Waals surface area contributed by atoms with Gasteiger partial charge in [0.05, 0.1) is 18.7 Å². The van der Waals surface area contributed by atoms with Crippen LogP contribution in [0.3, 0.4) is 0 Å². The van der Waals surface area contributed by atoms with E-state index in [1.165, 1.54) is 49.3 Å². The molecule has 0 fully saturated rings. The lowest BCUT2D eigenvalue weighted by atomic mass is 10.0. The smallest absolute Gasteiger partial charge is 0.326 e. The van der Waals surface area contributed by atoms with Gasteiger partial charge in [-0.05, 0) is 24.1 Å². The largest absolute Gasteiger partial charge is 0.508 e. The number of H-pyrrole nitrogens is 2. The summed E-state index contributed by atoms with van der Waals surface area (Å²) >= 11 is 0. The number of aromatic amines is 2. The van der Waals surface area contributed by atoms with E-state index in [4.69, 9.17) is 11.5 Å². The van der Waals surface area contributed by atoms with Gasteiger partial charge in [0, 0.05) is 49.5 Å². The third-order valence-electron chi connectivity index (χ3n) is 6.25. The number of phenolic OH excluding ortho intramolecular Hbond substituents is 1. The Bertz CT molecular complexity index is 1340. The Morgan fingerprint density at radius 3 is 1.88 bits per heavy atom. The first-order valence-corrected chi connectivity index (χ1v) is 12.9. The molecule has 11 N–H and O–H groups in total. The normalized spacial score (nSPS) is 13.7. The van der Waals surface area contributed by atoms with Gasteiger partial charge in [-0.3, -0.25) is 19.2 Å². The number of aromatic nitrogens is 4. The number of carboxylic acid groups (broad SMARTS) is 1. The lowest BCUT2D eigenvalue weighted by Gasteiger charge is -2.25. The molecule has 224 valence electrons. The summed E-state index contributed by atoms with van der Waals surface area (Å²) in [5, 5.41) is 26.6. The second-order valence-corrected chi connectivity index (χ2v) is 9.57. The fourth-order valence-electron chi connectivity index (χ4n) is 4.00. The third-order valence-corrected chi connectivity index (χ3v) is 6.25. The van der Waals surface area contributed by atoms with E-state index in [0.717, 1.165) is 0 Å². The van der Waals surface area contributed by atoms with Crippen LogP contribution in [0.5, 0.6) is 5.75 Å². The second-order valence-electron chi connectivity index (χ2n) is 9.57. The van der Waals surface area contributed by atoms with Crippen molar-refractivity contribution in [2.24, 2.45) is 11.5 Å². The van der Waals surface area contributed by atoms with Crippen molar-refractivity contribution in [3.05, 3.63) is 66.3 Å². The molecule has 4 atom stereocenters. The van der Waals surface area contributed by atoms with E-state index < -0.39 is 53.8 Å². The summed E-state index contributed by atoms with van der Waals surface area (Å²) in [5.74, 6) is -4.41. The Hall–Kier alpha value is -5.25. The highest BCUT2D eigenvalue weighted by molar-refractivity contribution is 5.94. The zero-order chi connectivity index (χ0) is 30.6. The van der Waals surface area contributed by atoms with Crippen LogP contribution < -0.4 is 27.4 Å². The predicted molar refractivity (Wildman–Crippen MR) is 146 cm³/mol. The Morgan fingerprint density at radius 1 is 0.786 bits per heavy atom. The minimum Gasteiger partial charge on any atom is -0.508 e. The molecule has 3 rings (SSSR count). The lowest BCUT2D eigenvalue weighted by Crippen LogP contribution is -2.58. The number of rotatable bonds is 16. The number of aliphatic carboxylic acids is 1. The van der Waals surface area contributed by atoms with Crippen LogP contribution in [0.1, 0.15) is 29.8 Å². The van der Waals surface area contributed by atoms with Crippen molar-refractivity contribution >= 4 is 29.6 Å². The molecule has 0 aliphatic carbocycles. The summed E-state index contributed by atoms with van der Waals surface area (Å²) in [6.45, 7) is 0. The van der Waals surface area contributed by atoms with Crippen LogP contribution in [0.15, 0.2) is 49.3 Å². The number of nitrogens with zero attached hydrogens (tertiary/aromatic N) is 2. The van der Waals surface area contributed by atoms with Gasteiger partial charge in [-0.25, -0.2) is 14.8 Å². The van der Waals surface area contributed by atoms with Crippen LogP contribution in [0.25, 0.3) is 0 Å². The third kappa shape index (κ3) is 9.74. The standard InChI is InChI=1S/C26H33N9O7/c27-18(8-15-10-29-12-31-15)23(38)34-20(9-16-11-30-13-32-16)25(40)33-19(5-6-22(28)37)24(39)35-21(26(41)42)7-14-1-3-17(36)4-2-14/h1-4,10-13,18-21,36H,5-9,27H2,(H2,28,37)(H,29,31)(H,30,32)(H,33,40)(H,34,38)(H,35,39)(H,41,42). The molecule has 0 saturated heterocycles. The Morgan fingerprint density at radius 2 is 1.33 bits per heavy atom. The number of imidazole rings is 2. The monoisotopic (exact) mass is 583 g/mol. The SMILES string of the molecule is NC(=O)CCC(NC(=O)C(Cc1cnc[nH]1)NC(=O)C(N)Cc1cnc[nH]1)C(=O)NC(Cc1ccc(O)cc1)C(=O)O. The molecule has 2 heterocycles. The molecular formula is C26H33N9O7. The van der Waals surface area contributed by atoms with Gasteiger partial charge in [-0.1, -0.05) is 12.1 Å². The molecule has 42 heavy (non-hydrogen) atoms. The van der Waals surface area contributed by atoms with Crippen molar-refractivity contribution < 1.29 is 34.2 Å². The number of carboxylic acids is 1. The molecule has 16 nitrogen and oxygen atoms in total. The maximum atomic E-state index is 13.4. The van der Waals surface area contributed by atoms with Gasteiger partial charge >= 0.3 is 5.97 Å². The highest BCUT2D eigenvalue weighted by atomic mass is 16.4. The summed E-state index contributed by atoms with van der Waals surface area (Å²) in [6.07, 6.45) is 5.21. The van der Waals surface area contributed by atoms with Gasteiger partial charge in [0.15, 0.2) is 0 Å². The van der Waals surface area contributed by atoms with E-state index in [-0.39, 0.29) is 37.9 Å². The molecule has 4 amide bonds. The quantitative estimate of drug-likeness (QED) is 0.0894. The number of hydrogen-bond acceptors (Lipinski definition) is 9. The number of hydrogen-bond donors (Lipinski definition) is 9. The molecule has 3 aromatic rings. The zero-order valence-corrected chi connectivity index (χ0v) is 22.4. The van der Waals surface area contributed by atoms with Crippen LogP contribution in [-0.4, -0.2) is 83.9 Å². The van der Waals surface area contributed by atoms with Gasteiger partial charge in [0.2, 0.25) is 23.6 Å². The van der Waals surface area contributed by atoms with Crippen LogP contribution in [0.2, 0.25) is 0 Å². The number of benzene rings is 1. The Balaban J connectivity index is 1.74. The van der Waals surface area contributed by atoms with Crippen molar-refractivity contribution in [1.82, 2.24) is 35.9 Å². The predicted octanol–water partition coefficient (Wildman–Crippen LogP) is -2.00. The lowest BCUT2D eigenvalue weighted by molar-refractivity contribution is -0.142. The fourth-order valence-corrected chi connectivity index (χ4v) is 4.00. The summed E-state index contributed by atoms with van der Waals surface area (Å²) in [6, 6.07) is 0.742. The first-order valence-electron chi connectivity index (χ1n) is 12.9. The minimum atomic E-state index is -1.39. The number of carbonyl (C=O) groups excluding carboxylic acids is 4. The minimum absolute atomic E-state index is 0.0112. The van der Waals surface area contributed by atoms with Crippen molar-refractivity contribution in [1.29, 1.82) is 0 Å². The molecule has 0 bridgehead atoms. The average Bonchev–Trinajstić information content (AvgIpc) is 3.65. The summed E-state index contributed by atoms with van der Waals surface area (Å²) < 4.78 is 0. The van der Waals surface area contributed by atoms with Gasteiger partial charge < -0.3 is 47.6 Å². The topological polar surface area (TPSA) is 271 Å². The van der Waals surface area contributed by atoms with Gasteiger partial charge in [-0.15, -0.1) is 0 Å². The highest BCUT2D eigenvalue weighted by Crippen LogP contribution is 2.12. The van der Waals surface area contributed by atoms with E-state index in [2.05, 4.69) is 35.9 Å². The van der Waals surface area contributed by atoms with Crippen LogP contribution in [0.4, 0.5) is 0 Å². The van der Waals surface area contributed by atoms with Crippen LogP contribution in [0, 0.1) is 0 Å². The molecule has 1 aromatic carbocycles.